The average molecular weight is 291 g/mol. The van der Waals surface area contributed by atoms with E-state index in [1.807, 2.05) is 31.2 Å². The molecule has 0 bridgehead atoms. The predicted octanol–water partition coefficient (Wildman–Crippen LogP) is 2.59. The molecule has 4 nitrogen and oxygen atoms in total. The first-order chi connectivity index (χ1) is 10.2. The van der Waals surface area contributed by atoms with Gasteiger partial charge in [0.25, 0.3) is 0 Å². The second kappa shape index (κ2) is 8.15. The quantitative estimate of drug-likeness (QED) is 0.876. The number of carbonyl (C=O) groups excluding carboxylic acids is 1. The van der Waals surface area contributed by atoms with Gasteiger partial charge in [0.05, 0.1) is 12.7 Å². The van der Waals surface area contributed by atoms with E-state index in [0.717, 1.165) is 25.0 Å². The molecule has 0 spiro atoms. The fourth-order valence-corrected chi connectivity index (χ4v) is 2.40. The molecule has 2 unspecified atom stereocenters. The van der Waals surface area contributed by atoms with Crippen LogP contribution in [0.4, 0.5) is 0 Å². The lowest BCUT2D eigenvalue weighted by molar-refractivity contribution is -0.135. The number of hydrogen-bond donors (Lipinski definition) is 1. The maximum absolute atomic E-state index is 12.0. The van der Waals surface area contributed by atoms with Gasteiger partial charge in [-0.3, -0.25) is 4.79 Å². The van der Waals surface area contributed by atoms with Crippen LogP contribution in [0.1, 0.15) is 37.3 Å². The van der Waals surface area contributed by atoms with Crippen molar-refractivity contribution in [3.05, 3.63) is 35.4 Å². The summed E-state index contributed by atoms with van der Waals surface area (Å²) in [4.78, 5) is 12.0. The summed E-state index contributed by atoms with van der Waals surface area (Å²) in [5.74, 6) is -0.0749. The number of carbonyl (C=O) groups is 1. The zero-order valence-electron chi connectivity index (χ0n) is 12.9. The molecule has 2 atom stereocenters. The van der Waals surface area contributed by atoms with E-state index in [2.05, 4.69) is 5.32 Å². The molecule has 0 aliphatic carbocycles. The minimum atomic E-state index is -0.445. The van der Waals surface area contributed by atoms with Gasteiger partial charge in [0.15, 0.2) is 0 Å². The smallest absolute Gasteiger partial charge is 0.249 e. The van der Waals surface area contributed by atoms with E-state index in [1.54, 1.807) is 6.92 Å². The first kappa shape index (κ1) is 16.0. The molecular weight excluding hydrogens is 266 g/mol. The van der Waals surface area contributed by atoms with E-state index in [9.17, 15) is 4.79 Å². The van der Waals surface area contributed by atoms with Gasteiger partial charge in [-0.25, -0.2) is 0 Å². The number of hydrogen-bond acceptors (Lipinski definition) is 3. The lowest BCUT2D eigenvalue weighted by Crippen LogP contribution is -2.36. The van der Waals surface area contributed by atoms with E-state index >= 15 is 0 Å². The van der Waals surface area contributed by atoms with Crippen molar-refractivity contribution < 1.29 is 14.3 Å². The van der Waals surface area contributed by atoms with Gasteiger partial charge in [-0.05, 0) is 44.2 Å². The molecule has 1 saturated heterocycles. The summed E-state index contributed by atoms with van der Waals surface area (Å²) in [6.45, 7) is 5.68. The Hall–Kier alpha value is -1.39. The molecule has 0 radical (unpaired) electrons. The molecule has 1 aliphatic rings. The van der Waals surface area contributed by atoms with Crippen LogP contribution in [0.15, 0.2) is 24.3 Å². The van der Waals surface area contributed by atoms with E-state index in [0.29, 0.717) is 13.2 Å². The van der Waals surface area contributed by atoms with Crippen LogP contribution in [0.2, 0.25) is 0 Å². The topological polar surface area (TPSA) is 47.6 Å². The van der Waals surface area contributed by atoms with Crippen LogP contribution in [-0.4, -0.2) is 31.3 Å². The second-order valence-corrected chi connectivity index (χ2v) is 5.61. The molecular formula is C17H25NO3. The van der Waals surface area contributed by atoms with Crippen molar-refractivity contribution in [3.63, 3.8) is 0 Å². The van der Waals surface area contributed by atoms with E-state index in [-0.39, 0.29) is 12.0 Å². The van der Waals surface area contributed by atoms with Gasteiger partial charge in [0.2, 0.25) is 5.91 Å². The van der Waals surface area contributed by atoms with Gasteiger partial charge >= 0.3 is 0 Å². The summed E-state index contributed by atoms with van der Waals surface area (Å²) in [7, 11) is 0. The summed E-state index contributed by atoms with van der Waals surface area (Å²) >= 11 is 0. The summed E-state index contributed by atoms with van der Waals surface area (Å²) in [5, 5.41) is 2.92. The Balaban J connectivity index is 1.71. The number of ether oxygens (including phenoxy) is 2. The van der Waals surface area contributed by atoms with E-state index in [4.69, 9.17) is 9.47 Å². The molecule has 1 N–H and O–H groups in total. The van der Waals surface area contributed by atoms with Crippen molar-refractivity contribution in [1.82, 2.24) is 5.32 Å². The van der Waals surface area contributed by atoms with Crippen molar-refractivity contribution in [1.29, 1.82) is 0 Å². The molecule has 0 saturated carbocycles. The van der Waals surface area contributed by atoms with Crippen molar-refractivity contribution in [3.8, 4) is 0 Å². The molecule has 4 heteroatoms. The highest BCUT2D eigenvalue weighted by molar-refractivity contribution is 5.80. The molecule has 1 aromatic rings. The Morgan fingerprint density at radius 3 is 2.95 bits per heavy atom. The van der Waals surface area contributed by atoms with Crippen molar-refractivity contribution in [2.45, 2.75) is 51.9 Å². The Bertz CT molecular complexity index is 455. The molecule has 2 rings (SSSR count). The highest BCUT2D eigenvalue weighted by Gasteiger charge is 2.18. The maximum Gasteiger partial charge on any atom is 0.249 e. The number of benzene rings is 1. The van der Waals surface area contributed by atoms with Gasteiger partial charge in [0.1, 0.15) is 6.10 Å². The molecule has 21 heavy (non-hydrogen) atoms. The van der Waals surface area contributed by atoms with Crippen LogP contribution in [0.5, 0.6) is 0 Å². The second-order valence-electron chi connectivity index (χ2n) is 5.61. The van der Waals surface area contributed by atoms with Crippen molar-refractivity contribution in [2.24, 2.45) is 0 Å². The van der Waals surface area contributed by atoms with Gasteiger partial charge in [-0.1, -0.05) is 24.3 Å². The predicted molar refractivity (Wildman–Crippen MR) is 82.0 cm³/mol. The highest BCUT2D eigenvalue weighted by Crippen LogP contribution is 2.13. The summed E-state index contributed by atoms with van der Waals surface area (Å²) < 4.78 is 11.2. The van der Waals surface area contributed by atoms with E-state index < -0.39 is 6.10 Å². The summed E-state index contributed by atoms with van der Waals surface area (Å²) in [6.07, 6.45) is 3.03. The zero-order valence-corrected chi connectivity index (χ0v) is 12.9. The third kappa shape index (κ3) is 5.14. The van der Waals surface area contributed by atoms with Gasteiger partial charge in [-0.15, -0.1) is 0 Å². The fraction of sp³-hybridized carbons (Fsp3) is 0.588. The number of amides is 1. The Kier molecular flexibility index (Phi) is 6.21. The van der Waals surface area contributed by atoms with Crippen molar-refractivity contribution >= 4 is 5.91 Å². The Morgan fingerprint density at radius 1 is 1.43 bits per heavy atom. The third-order valence-corrected chi connectivity index (χ3v) is 3.89. The number of nitrogens with one attached hydrogen (secondary N) is 1. The minimum absolute atomic E-state index is 0.0749. The van der Waals surface area contributed by atoms with Crippen LogP contribution in [0.3, 0.4) is 0 Å². The molecule has 1 aromatic carbocycles. The van der Waals surface area contributed by atoms with Crippen LogP contribution < -0.4 is 5.32 Å². The standard InChI is InChI=1S/C17H25NO3/c1-13-7-3-4-8-15(13)11-18-17(19)14(2)21-12-16-9-5-6-10-20-16/h3-4,7-8,14,16H,5-6,9-12H2,1-2H3,(H,18,19). The van der Waals surface area contributed by atoms with E-state index in [1.165, 1.54) is 12.0 Å². The maximum atomic E-state index is 12.0. The summed E-state index contributed by atoms with van der Waals surface area (Å²) in [6, 6.07) is 8.05. The van der Waals surface area contributed by atoms with Crippen LogP contribution in [0, 0.1) is 6.92 Å². The third-order valence-electron chi connectivity index (χ3n) is 3.89. The Morgan fingerprint density at radius 2 is 2.24 bits per heavy atom. The van der Waals surface area contributed by atoms with Gasteiger partial charge < -0.3 is 14.8 Å². The van der Waals surface area contributed by atoms with Gasteiger partial charge in [0, 0.05) is 13.2 Å². The first-order valence-corrected chi connectivity index (χ1v) is 7.72. The first-order valence-electron chi connectivity index (χ1n) is 7.72. The van der Waals surface area contributed by atoms with Gasteiger partial charge in [-0.2, -0.15) is 0 Å². The highest BCUT2D eigenvalue weighted by atomic mass is 16.5. The summed E-state index contributed by atoms with van der Waals surface area (Å²) in [5.41, 5.74) is 2.32. The molecule has 1 aliphatic heterocycles. The number of rotatable bonds is 6. The normalized spacial score (nSPS) is 20.0. The van der Waals surface area contributed by atoms with Crippen LogP contribution in [-0.2, 0) is 20.8 Å². The van der Waals surface area contributed by atoms with Crippen LogP contribution in [0.25, 0.3) is 0 Å². The molecule has 1 heterocycles. The monoisotopic (exact) mass is 291 g/mol. The van der Waals surface area contributed by atoms with Crippen molar-refractivity contribution in [2.75, 3.05) is 13.2 Å². The lowest BCUT2D eigenvalue weighted by Gasteiger charge is -2.24. The average Bonchev–Trinajstić information content (AvgIpc) is 2.52. The number of aryl methyl sites for hydroxylation is 1. The molecule has 1 amide bonds. The Labute approximate surface area is 126 Å². The SMILES string of the molecule is Cc1ccccc1CNC(=O)C(C)OCC1CCCCO1. The fourth-order valence-electron chi connectivity index (χ4n) is 2.40. The molecule has 0 aromatic heterocycles. The molecule has 1 fully saturated rings. The zero-order chi connectivity index (χ0) is 15.1. The molecule has 116 valence electrons. The lowest BCUT2D eigenvalue weighted by atomic mass is 10.1. The largest absolute Gasteiger partial charge is 0.376 e. The van der Waals surface area contributed by atoms with Crippen LogP contribution >= 0.6 is 0 Å². The minimum Gasteiger partial charge on any atom is -0.376 e.